The zero-order valence-electron chi connectivity index (χ0n) is 9.87. The third-order valence-corrected chi connectivity index (χ3v) is 2.35. The van der Waals surface area contributed by atoms with Gasteiger partial charge in [-0.25, -0.2) is 0 Å². The molecule has 0 spiro atoms. The number of hydrogen-bond acceptors (Lipinski definition) is 3. The maximum atomic E-state index is 12.2. The smallest absolute Gasteiger partial charge is 0.415 e. The van der Waals surface area contributed by atoms with E-state index in [4.69, 9.17) is 10.2 Å². The highest BCUT2D eigenvalue weighted by Gasteiger charge is 2.39. The molecule has 17 heavy (non-hydrogen) atoms. The number of carboxylic acids is 1. The Balaban J connectivity index is 4.20. The normalized spacial score (nSPS) is 14.4. The number of aliphatic hydroxyl groups is 1. The summed E-state index contributed by atoms with van der Waals surface area (Å²) in [5, 5.41) is 17.4. The van der Waals surface area contributed by atoms with E-state index in [0.717, 1.165) is 0 Å². The summed E-state index contributed by atoms with van der Waals surface area (Å²) in [5.74, 6) is -0.981. The fourth-order valence-electron chi connectivity index (χ4n) is 1.32. The second-order valence-corrected chi connectivity index (χ2v) is 4.14. The molecular weight excluding hydrogens is 239 g/mol. The predicted octanol–water partition coefficient (Wildman–Crippen LogP) is 1.48. The summed E-state index contributed by atoms with van der Waals surface area (Å²) in [7, 11) is 0. The van der Waals surface area contributed by atoms with Crippen molar-refractivity contribution in [1.82, 2.24) is 4.90 Å². The number of alkyl halides is 3. The fraction of sp³-hybridized carbons (Fsp3) is 0.900. The van der Waals surface area contributed by atoms with Crippen LogP contribution in [0, 0.1) is 0 Å². The lowest BCUT2D eigenvalue weighted by atomic mass is 10.2. The molecule has 1 unspecified atom stereocenters. The number of aliphatic hydroxyl groups excluding tert-OH is 1. The van der Waals surface area contributed by atoms with Crippen molar-refractivity contribution in [1.29, 1.82) is 0 Å². The Bertz CT molecular complexity index is 243. The van der Waals surface area contributed by atoms with Crippen LogP contribution in [0.25, 0.3) is 0 Å². The molecule has 0 radical (unpaired) electrons. The van der Waals surface area contributed by atoms with Crippen LogP contribution < -0.4 is 0 Å². The van der Waals surface area contributed by atoms with Gasteiger partial charge < -0.3 is 10.2 Å². The number of aliphatic carboxylic acids is 1. The van der Waals surface area contributed by atoms with Gasteiger partial charge in [0.25, 0.3) is 0 Å². The maximum Gasteiger partial charge on any atom is 0.415 e. The second kappa shape index (κ2) is 6.80. The summed E-state index contributed by atoms with van der Waals surface area (Å²) >= 11 is 0. The average Bonchev–Trinajstić information content (AvgIpc) is 2.13. The highest BCUT2D eigenvalue weighted by molar-refractivity contribution is 5.66. The molecule has 0 rings (SSSR count). The minimum atomic E-state index is -4.64. The van der Waals surface area contributed by atoms with E-state index < -0.39 is 24.8 Å². The molecule has 0 amide bonds. The van der Waals surface area contributed by atoms with Crippen LogP contribution in [-0.2, 0) is 4.79 Å². The first-order valence-electron chi connectivity index (χ1n) is 5.35. The van der Waals surface area contributed by atoms with Crippen LogP contribution >= 0.6 is 0 Å². The van der Waals surface area contributed by atoms with E-state index >= 15 is 0 Å². The Morgan fingerprint density at radius 3 is 2.24 bits per heavy atom. The van der Waals surface area contributed by atoms with Gasteiger partial charge in [0, 0.05) is 19.0 Å². The van der Waals surface area contributed by atoms with E-state index in [9.17, 15) is 18.0 Å². The molecule has 0 aromatic rings. The van der Waals surface area contributed by atoms with Gasteiger partial charge in [-0.2, -0.15) is 13.2 Å². The summed E-state index contributed by atoms with van der Waals surface area (Å²) in [5.41, 5.74) is 0. The molecule has 0 bridgehead atoms. The molecule has 0 saturated heterocycles. The van der Waals surface area contributed by atoms with E-state index in [1.54, 1.807) is 13.8 Å². The van der Waals surface area contributed by atoms with Gasteiger partial charge in [0.1, 0.15) is 0 Å². The zero-order chi connectivity index (χ0) is 13.6. The topological polar surface area (TPSA) is 60.8 Å². The van der Waals surface area contributed by atoms with Crippen LogP contribution in [0.3, 0.4) is 0 Å². The summed E-state index contributed by atoms with van der Waals surface area (Å²) in [6.45, 7) is 3.09. The highest BCUT2D eigenvalue weighted by atomic mass is 19.4. The molecule has 4 nitrogen and oxygen atoms in total. The Hall–Kier alpha value is -0.820. The molecule has 0 fully saturated rings. The Kier molecular flexibility index (Phi) is 6.48. The van der Waals surface area contributed by atoms with Crippen molar-refractivity contribution in [3.8, 4) is 0 Å². The largest absolute Gasteiger partial charge is 0.481 e. The SMILES string of the molecule is CC(C)N(CCCC(=O)O)CC(O)C(F)(F)F. The van der Waals surface area contributed by atoms with Crippen molar-refractivity contribution in [3.05, 3.63) is 0 Å². The lowest BCUT2D eigenvalue weighted by Gasteiger charge is -2.29. The van der Waals surface area contributed by atoms with Crippen LogP contribution in [0.15, 0.2) is 0 Å². The number of carbonyl (C=O) groups is 1. The van der Waals surface area contributed by atoms with Gasteiger partial charge in [0.2, 0.25) is 0 Å². The molecule has 0 aliphatic carbocycles. The molecule has 1 atom stereocenters. The zero-order valence-corrected chi connectivity index (χ0v) is 9.87. The van der Waals surface area contributed by atoms with Crippen LogP contribution in [0.1, 0.15) is 26.7 Å². The minimum absolute atomic E-state index is 0.0919. The number of rotatable bonds is 7. The molecule has 0 heterocycles. The predicted molar refractivity (Wildman–Crippen MR) is 55.6 cm³/mol. The Labute approximate surface area is 98.0 Å². The van der Waals surface area contributed by atoms with E-state index in [2.05, 4.69) is 0 Å². The van der Waals surface area contributed by atoms with E-state index in [1.807, 2.05) is 0 Å². The molecule has 0 aliphatic heterocycles. The number of nitrogens with zero attached hydrogens (tertiary/aromatic N) is 1. The van der Waals surface area contributed by atoms with Gasteiger partial charge >= 0.3 is 12.1 Å². The van der Waals surface area contributed by atoms with Crippen molar-refractivity contribution in [2.24, 2.45) is 0 Å². The quantitative estimate of drug-likeness (QED) is 0.725. The van der Waals surface area contributed by atoms with Gasteiger partial charge in [-0.3, -0.25) is 9.69 Å². The van der Waals surface area contributed by atoms with Gasteiger partial charge in [-0.1, -0.05) is 0 Å². The first-order valence-corrected chi connectivity index (χ1v) is 5.35. The molecular formula is C10H18F3NO3. The third kappa shape index (κ3) is 7.17. The minimum Gasteiger partial charge on any atom is -0.481 e. The lowest BCUT2D eigenvalue weighted by Crippen LogP contribution is -2.44. The van der Waals surface area contributed by atoms with E-state index in [1.165, 1.54) is 4.90 Å². The van der Waals surface area contributed by atoms with Gasteiger partial charge in [-0.15, -0.1) is 0 Å². The molecule has 7 heteroatoms. The third-order valence-electron chi connectivity index (χ3n) is 2.35. The van der Waals surface area contributed by atoms with Crippen LogP contribution in [0.5, 0.6) is 0 Å². The standard InChI is InChI=1S/C10H18F3NO3/c1-7(2)14(5-3-4-9(16)17)6-8(15)10(11,12)13/h7-8,15H,3-6H2,1-2H3,(H,16,17). The van der Waals surface area contributed by atoms with Crippen molar-refractivity contribution in [2.75, 3.05) is 13.1 Å². The van der Waals surface area contributed by atoms with E-state index in [0.29, 0.717) is 0 Å². The highest BCUT2D eigenvalue weighted by Crippen LogP contribution is 2.21. The lowest BCUT2D eigenvalue weighted by molar-refractivity contribution is -0.209. The van der Waals surface area contributed by atoms with Gasteiger partial charge in [0.15, 0.2) is 6.10 Å². The van der Waals surface area contributed by atoms with Crippen LogP contribution in [0.4, 0.5) is 13.2 Å². The molecule has 0 saturated carbocycles. The first-order chi connectivity index (χ1) is 7.64. The number of carboxylic acid groups (broad SMARTS) is 1. The number of halogens is 3. The summed E-state index contributed by atoms with van der Waals surface area (Å²) in [4.78, 5) is 11.7. The van der Waals surface area contributed by atoms with Crippen LogP contribution in [0.2, 0.25) is 0 Å². The average molecular weight is 257 g/mol. The molecule has 102 valence electrons. The Morgan fingerprint density at radius 2 is 1.88 bits per heavy atom. The first kappa shape index (κ1) is 16.2. The molecule has 0 aromatic carbocycles. The maximum absolute atomic E-state index is 12.2. The summed E-state index contributed by atoms with van der Waals surface area (Å²) < 4.78 is 36.5. The van der Waals surface area contributed by atoms with Crippen molar-refractivity contribution in [2.45, 2.75) is 45.0 Å². The molecule has 0 aliphatic rings. The van der Waals surface area contributed by atoms with Crippen LogP contribution in [-0.4, -0.2) is 52.5 Å². The fourth-order valence-corrected chi connectivity index (χ4v) is 1.32. The van der Waals surface area contributed by atoms with Crippen molar-refractivity contribution < 1.29 is 28.2 Å². The monoisotopic (exact) mass is 257 g/mol. The second-order valence-electron chi connectivity index (χ2n) is 4.14. The van der Waals surface area contributed by atoms with Gasteiger partial charge in [0.05, 0.1) is 0 Å². The summed E-state index contributed by atoms with van der Waals surface area (Å²) in [6, 6.07) is -0.180. The number of hydrogen-bond donors (Lipinski definition) is 2. The molecule has 2 N–H and O–H groups in total. The Morgan fingerprint density at radius 1 is 1.35 bits per heavy atom. The van der Waals surface area contributed by atoms with Crippen molar-refractivity contribution in [3.63, 3.8) is 0 Å². The van der Waals surface area contributed by atoms with E-state index in [-0.39, 0.29) is 25.4 Å². The molecule has 0 aromatic heterocycles. The van der Waals surface area contributed by atoms with Gasteiger partial charge in [-0.05, 0) is 26.8 Å². The van der Waals surface area contributed by atoms with Crippen molar-refractivity contribution >= 4 is 5.97 Å². The summed E-state index contributed by atoms with van der Waals surface area (Å²) in [6.07, 6.45) is -6.86.